The topological polar surface area (TPSA) is 40.5 Å². The van der Waals surface area contributed by atoms with Gasteiger partial charge in [-0.1, -0.05) is 13.3 Å². The molecule has 0 aromatic heterocycles. The van der Waals surface area contributed by atoms with Gasteiger partial charge in [0.25, 0.3) is 0 Å². The molecular weight excluding hydrogens is 154 g/mol. The number of rotatable bonds is 4. The van der Waals surface area contributed by atoms with Crippen molar-refractivity contribution in [3.8, 4) is 0 Å². The summed E-state index contributed by atoms with van der Waals surface area (Å²) in [5.74, 6) is 0. The van der Waals surface area contributed by atoms with E-state index in [2.05, 4.69) is 6.92 Å². The van der Waals surface area contributed by atoms with E-state index < -0.39 is 0 Å². The summed E-state index contributed by atoms with van der Waals surface area (Å²) in [4.78, 5) is 12.4. The average molecular weight is 171 g/mol. The third-order valence-electron chi connectivity index (χ3n) is 2.79. The van der Waals surface area contributed by atoms with E-state index in [1.54, 1.807) is 4.90 Å². The number of nitrogens with zero attached hydrogens (tertiary/aromatic N) is 1. The molecule has 1 unspecified atom stereocenters. The van der Waals surface area contributed by atoms with Gasteiger partial charge in [0.2, 0.25) is 6.41 Å². The van der Waals surface area contributed by atoms with Crippen molar-refractivity contribution >= 4 is 6.41 Å². The fourth-order valence-electron chi connectivity index (χ4n) is 2.11. The molecule has 0 aromatic carbocycles. The molecule has 1 heterocycles. The van der Waals surface area contributed by atoms with Gasteiger partial charge in [-0.3, -0.25) is 4.79 Å². The highest BCUT2D eigenvalue weighted by Gasteiger charge is 2.38. The zero-order chi connectivity index (χ0) is 9.03. The zero-order valence-electron chi connectivity index (χ0n) is 7.62. The lowest BCUT2D eigenvalue weighted by Crippen LogP contribution is -2.46. The zero-order valence-corrected chi connectivity index (χ0v) is 7.62. The van der Waals surface area contributed by atoms with Gasteiger partial charge in [0.15, 0.2) is 0 Å². The van der Waals surface area contributed by atoms with Gasteiger partial charge in [0.05, 0.1) is 12.1 Å². The Kier molecular flexibility index (Phi) is 3.09. The van der Waals surface area contributed by atoms with Gasteiger partial charge in [-0.25, -0.2) is 0 Å². The van der Waals surface area contributed by atoms with Gasteiger partial charge in [-0.2, -0.15) is 0 Å². The summed E-state index contributed by atoms with van der Waals surface area (Å²) in [6.45, 7) is 3.00. The van der Waals surface area contributed by atoms with Crippen molar-refractivity contribution in [3.05, 3.63) is 0 Å². The number of aliphatic hydroxyl groups excluding tert-OH is 1. The standard InChI is InChI=1S/C9H17NO2/c1-2-4-9(7-11)5-3-6-10(9)8-12/h8,11H,2-7H2,1H3. The van der Waals surface area contributed by atoms with Crippen molar-refractivity contribution in [3.63, 3.8) is 0 Å². The van der Waals surface area contributed by atoms with Gasteiger partial charge in [0, 0.05) is 6.54 Å². The molecule has 0 radical (unpaired) electrons. The molecule has 3 nitrogen and oxygen atoms in total. The van der Waals surface area contributed by atoms with E-state index in [0.717, 1.165) is 38.6 Å². The van der Waals surface area contributed by atoms with Crippen molar-refractivity contribution in [2.45, 2.75) is 38.1 Å². The van der Waals surface area contributed by atoms with Gasteiger partial charge in [0.1, 0.15) is 0 Å². The van der Waals surface area contributed by atoms with Crippen LogP contribution in [0.1, 0.15) is 32.6 Å². The van der Waals surface area contributed by atoms with E-state index in [1.807, 2.05) is 0 Å². The Bertz CT molecular complexity index is 161. The van der Waals surface area contributed by atoms with Crippen LogP contribution in [0.5, 0.6) is 0 Å². The van der Waals surface area contributed by atoms with Crippen LogP contribution < -0.4 is 0 Å². The first-order valence-corrected chi connectivity index (χ1v) is 4.62. The maximum absolute atomic E-state index is 10.7. The minimum absolute atomic E-state index is 0.111. The van der Waals surface area contributed by atoms with E-state index in [-0.39, 0.29) is 12.1 Å². The lowest BCUT2D eigenvalue weighted by atomic mass is 9.92. The Morgan fingerprint density at radius 1 is 1.67 bits per heavy atom. The van der Waals surface area contributed by atoms with Crippen LogP contribution in [0.3, 0.4) is 0 Å². The summed E-state index contributed by atoms with van der Waals surface area (Å²) in [5, 5.41) is 9.25. The Hall–Kier alpha value is -0.570. The molecule has 0 aromatic rings. The van der Waals surface area contributed by atoms with Crippen LogP contribution in [-0.2, 0) is 4.79 Å². The maximum atomic E-state index is 10.7. The highest BCUT2D eigenvalue weighted by molar-refractivity contribution is 5.49. The highest BCUT2D eigenvalue weighted by Crippen LogP contribution is 2.31. The molecule has 70 valence electrons. The first-order valence-electron chi connectivity index (χ1n) is 4.62. The van der Waals surface area contributed by atoms with Crippen LogP contribution >= 0.6 is 0 Å². The van der Waals surface area contributed by atoms with Crippen LogP contribution in [0.4, 0.5) is 0 Å². The first kappa shape index (κ1) is 9.52. The van der Waals surface area contributed by atoms with Crippen molar-refractivity contribution in [2.24, 2.45) is 0 Å². The quantitative estimate of drug-likeness (QED) is 0.635. The molecule has 0 spiro atoms. The van der Waals surface area contributed by atoms with Gasteiger partial charge >= 0.3 is 0 Å². The second kappa shape index (κ2) is 3.90. The first-order chi connectivity index (χ1) is 5.79. The molecule has 1 aliphatic heterocycles. The SMILES string of the molecule is CCCC1(CO)CCCN1C=O. The van der Waals surface area contributed by atoms with Gasteiger partial charge in [-0.15, -0.1) is 0 Å². The van der Waals surface area contributed by atoms with E-state index in [1.165, 1.54) is 0 Å². The molecule has 1 saturated heterocycles. The fourth-order valence-corrected chi connectivity index (χ4v) is 2.11. The Morgan fingerprint density at radius 3 is 2.92 bits per heavy atom. The number of likely N-dealkylation sites (tertiary alicyclic amines) is 1. The van der Waals surface area contributed by atoms with Crippen LogP contribution in [0, 0.1) is 0 Å². The summed E-state index contributed by atoms with van der Waals surface area (Å²) in [5.41, 5.74) is -0.226. The number of amides is 1. The third kappa shape index (κ3) is 1.46. The smallest absolute Gasteiger partial charge is 0.210 e. The van der Waals surface area contributed by atoms with E-state index in [4.69, 9.17) is 0 Å². The summed E-state index contributed by atoms with van der Waals surface area (Å²) < 4.78 is 0. The predicted octanol–water partition coefficient (Wildman–Crippen LogP) is 0.770. The van der Waals surface area contributed by atoms with Crippen molar-refractivity contribution in [1.29, 1.82) is 0 Å². The number of hydrogen-bond acceptors (Lipinski definition) is 2. The molecular formula is C9H17NO2. The third-order valence-corrected chi connectivity index (χ3v) is 2.79. The van der Waals surface area contributed by atoms with E-state index in [0.29, 0.717) is 0 Å². The Labute approximate surface area is 73.4 Å². The molecule has 1 rings (SSSR count). The lowest BCUT2D eigenvalue weighted by Gasteiger charge is -2.34. The van der Waals surface area contributed by atoms with E-state index >= 15 is 0 Å². The molecule has 3 heteroatoms. The largest absolute Gasteiger partial charge is 0.394 e. The van der Waals surface area contributed by atoms with Crippen molar-refractivity contribution < 1.29 is 9.90 Å². The van der Waals surface area contributed by atoms with Crippen LogP contribution in [0.25, 0.3) is 0 Å². The van der Waals surface area contributed by atoms with Crippen LogP contribution in [0.2, 0.25) is 0 Å². The number of hydrogen-bond donors (Lipinski definition) is 1. The predicted molar refractivity (Wildman–Crippen MR) is 46.7 cm³/mol. The summed E-state index contributed by atoms with van der Waals surface area (Å²) in [6.07, 6.45) is 4.79. The summed E-state index contributed by atoms with van der Waals surface area (Å²) >= 11 is 0. The molecule has 12 heavy (non-hydrogen) atoms. The number of carbonyl (C=O) groups is 1. The second-order valence-corrected chi connectivity index (χ2v) is 3.53. The van der Waals surface area contributed by atoms with Crippen LogP contribution in [-0.4, -0.2) is 35.1 Å². The van der Waals surface area contributed by atoms with Crippen molar-refractivity contribution in [1.82, 2.24) is 4.90 Å². The number of aliphatic hydroxyl groups is 1. The second-order valence-electron chi connectivity index (χ2n) is 3.53. The molecule has 0 bridgehead atoms. The molecule has 1 fully saturated rings. The van der Waals surface area contributed by atoms with Crippen molar-refractivity contribution in [2.75, 3.05) is 13.2 Å². The molecule has 1 amide bonds. The monoisotopic (exact) mass is 171 g/mol. The average Bonchev–Trinajstić information content (AvgIpc) is 2.49. The molecule has 1 atom stereocenters. The maximum Gasteiger partial charge on any atom is 0.210 e. The molecule has 0 saturated carbocycles. The number of carbonyl (C=O) groups excluding carboxylic acids is 1. The van der Waals surface area contributed by atoms with Gasteiger partial charge < -0.3 is 10.0 Å². The Balaban J connectivity index is 2.68. The van der Waals surface area contributed by atoms with Crippen LogP contribution in [0.15, 0.2) is 0 Å². The molecule has 1 aliphatic rings. The summed E-state index contributed by atoms with van der Waals surface area (Å²) in [6, 6.07) is 0. The fraction of sp³-hybridized carbons (Fsp3) is 0.889. The lowest BCUT2D eigenvalue weighted by molar-refractivity contribution is -0.123. The molecule has 1 N–H and O–H groups in total. The highest BCUT2D eigenvalue weighted by atomic mass is 16.3. The Morgan fingerprint density at radius 2 is 2.42 bits per heavy atom. The normalized spacial score (nSPS) is 29.3. The summed E-state index contributed by atoms with van der Waals surface area (Å²) in [7, 11) is 0. The van der Waals surface area contributed by atoms with E-state index in [9.17, 15) is 9.90 Å². The molecule has 0 aliphatic carbocycles. The minimum atomic E-state index is -0.226. The minimum Gasteiger partial charge on any atom is -0.394 e. The van der Waals surface area contributed by atoms with Gasteiger partial charge in [-0.05, 0) is 19.3 Å².